The van der Waals surface area contributed by atoms with Gasteiger partial charge in [0.05, 0.1) is 14.2 Å². The third-order valence-electron chi connectivity index (χ3n) is 4.00. The number of hydrazine groups is 1. The second kappa shape index (κ2) is 9.36. The SMILES string of the molecule is COc1cc(OC)cc(C(=O)NNC(=O)CCc2nc(-c3ccccc3)no2)c1. The minimum Gasteiger partial charge on any atom is -0.497 e. The van der Waals surface area contributed by atoms with E-state index in [9.17, 15) is 9.59 Å². The molecule has 0 radical (unpaired) electrons. The molecule has 3 rings (SSSR count). The molecule has 2 aromatic carbocycles. The molecule has 0 aliphatic carbocycles. The van der Waals surface area contributed by atoms with Crippen LogP contribution in [-0.4, -0.2) is 36.2 Å². The molecule has 0 fully saturated rings. The molecular formula is C20H20N4O5. The zero-order valence-corrected chi connectivity index (χ0v) is 16.0. The van der Waals surface area contributed by atoms with E-state index in [4.69, 9.17) is 14.0 Å². The Hall–Kier alpha value is -3.88. The Morgan fingerprint density at radius 1 is 1.00 bits per heavy atom. The normalized spacial score (nSPS) is 10.3. The van der Waals surface area contributed by atoms with Gasteiger partial charge < -0.3 is 14.0 Å². The summed E-state index contributed by atoms with van der Waals surface area (Å²) in [6, 6.07) is 14.1. The number of rotatable bonds is 7. The lowest BCUT2D eigenvalue weighted by atomic mass is 10.2. The van der Waals surface area contributed by atoms with Gasteiger partial charge in [0.15, 0.2) is 0 Å². The summed E-state index contributed by atoms with van der Waals surface area (Å²) in [5.74, 6) is 0.828. The second-order valence-electron chi connectivity index (χ2n) is 5.98. The summed E-state index contributed by atoms with van der Waals surface area (Å²) in [5, 5.41) is 3.90. The van der Waals surface area contributed by atoms with E-state index in [1.54, 1.807) is 6.07 Å². The van der Waals surface area contributed by atoms with Gasteiger partial charge in [0.2, 0.25) is 17.6 Å². The number of nitrogens with zero attached hydrogens (tertiary/aromatic N) is 2. The second-order valence-corrected chi connectivity index (χ2v) is 5.98. The molecule has 0 aliphatic heterocycles. The molecule has 0 spiro atoms. The van der Waals surface area contributed by atoms with Crippen LogP contribution in [0.5, 0.6) is 11.5 Å². The number of hydrogen-bond acceptors (Lipinski definition) is 7. The molecule has 150 valence electrons. The van der Waals surface area contributed by atoms with E-state index >= 15 is 0 Å². The topological polar surface area (TPSA) is 116 Å². The van der Waals surface area contributed by atoms with Gasteiger partial charge in [-0.15, -0.1) is 0 Å². The Morgan fingerprint density at radius 2 is 1.69 bits per heavy atom. The van der Waals surface area contributed by atoms with E-state index in [-0.39, 0.29) is 18.4 Å². The third-order valence-corrected chi connectivity index (χ3v) is 4.00. The smallest absolute Gasteiger partial charge is 0.269 e. The molecular weight excluding hydrogens is 376 g/mol. The summed E-state index contributed by atoms with van der Waals surface area (Å²) in [4.78, 5) is 28.5. The van der Waals surface area contributed by atoms with Crippen molar-refractivity contribution < 1.29 is 23.6 Å². The average molecular weight is 396 g/mol. The third kappa shape index (κ3) is 5.32. The highest BCUT2D eigenvalue weighted by Crippen LogP contribution is 2.22. The van der Waals surface area contributed by atoms with E-state index in [0.717, 1.165) is 5.56 Å². The molecule has 9 nitrogen and oxygen atoms in total. The number of aromatic nitrogens is 2. The van der Waals surface area contributed by atoms with Crippen molar-refractivity contribution in [2.45, 2.75) is 12.8 Å². The monoisotopic (exact) mass is 396 g/mol. The van der Waals surface area contributed by atoms with Crippen LogP contribution in [-0.2, 0) is 11.2 Å². The van der Waals surface area contributed by atoms with E-state index < -0.39 is 11.8 Å². The van der Waals surface area contributed by atoms with Crippen LogP contribution in [0.3, 0.4) is 0 Å². The van der Waals surface area contributed by atoms with Gasteiger partial charge in [-0.1, -0.05) is 35.5 Å². The zero-order chi connectivity index (χ0) is 20.6. The number of benzene rings is 2. The van der Waals surface area contributed by atoms with Crippen LogP contribution in [0.1, 0.15) is 22.7 Å². The molecule has 0 saturated carbocycles. The molecule has 2 amide bonds. The van der Waals surface area contributed by atoms with Crippen LogP contribution in [0.15, 0.2) is 53.1 Å². The summed E-state index contributed by atoms with van der Waals surface area (Å²) in [6.07, 6.45) is 0.312. The minimum absolute atomic E-state index is 0.0676. The Balaban J connectivity index is 1.50. The van der Waals surface area contributed by atoms with Gasteiger partial charge in [0.25, 0.3) is 5.91 Å². The molecule has 1 aromatic heterocycles. The lowest BCUT2D eigenvalue weighted by Crippen LogP contribution is -2.41. The Bertz CT molecular complexity index is 965. The van der Waals surface area contributed by atoms with Crippen molar-refractivity contribution >= 4 is 11.8 Å². The predicted octanol–water partition coefficient (Wildman–Crippen LogP) is 2.15. The summed E-state index contributed by atoms with van der Waals surface area (Å²) in [7, 11) is 2.97. The van der Waals surface area contributed by atoms with Crippen molar-refractivity contribution in [1.29, 1.82) is 0 Å². The number of methoxy groups -OCH3 is 2. The van der Waals surface area contributed by atoms with E-state index in [0.29, 0.717) is 23.2 Å². The maximum Gasteiger partial charge on any atom is 0.269 e. The lowest BCUT2D eigenvalue weighted by Gasteiger charge is -2.10. The fraction of sp³-hybridized carbons (Fsp3) is 0.200. The van der Waals surface area contributed by atoms with Crippen molar-refractivity contribution in [2.24, 2.45) is 0 Å². The highest BCUT2D eigenvalue weighted by Gasteiger charge is 2.13. The minimum atomic E-state index is -0.500. The molecule has 0 unspecified atom stereocenters. The standard InChI is InChI=1S/C20H20N4O5/c1-27-15-10-14(11-16(12-15)28-2)20(26)23-22-17(25)8-9-18-21-19(24-29-18)13-6-4-3-5-7-13/h3-7,10-12H,8-9H2,1-2H3,(H,22,25)(H,23,26). The number of nitrogens with one attached hydrogen (secondary N) is 2. The van der Waals surface area contributed by atoms with Crippen LogP contribution in [0, 0.1) is 0 Å². The van der Waals surface area contributed by atoms with Crippen molar-refractivity contribution in [2.75, 3.05) is 14.2 Å². The average Bonchev–Trinajstić information content (AvgIpc) is 3.25. The number of carbonyl (C=O) groups is 2. The molecule has 0 saturated heterocycles. The maximum atomic E-state index is 12.2. The molecule has 2 N–H and O–H groups in total. The van der Waals surface area contributed by atoms with E-state index in [1.807, 2.05) is 30.3 Å². The first-order valence-electron chi connectivity index (χ1n) is 8.79. The highest BCUT2D eigenvalue weighted by molar-refractivity contribution is 5.96. The van der Waals surface area contributed by atoms with E-state index in [1.165, 1.54) is 26.4 Å². The van der Waals surface area contributed by atoms with Crippen molar-refractivity contribution in [1.82, 2.24) is 21.0 Å². The fourth-order valence-corrected chi connectivity index (χ4v) is 2.48. The van der Waals surface area contributed by atoms with Gasteiger partial charge >= 0.3 is 0 Å². The van der Waals surface area contributed by atoms with Crippen LogP contribution >= 0.6 is 0 Å². The first-order valence-corrected chi connectivity index (χ1v) is 8.79. The van der Waals surface area contributed by atoms with Crippen LogP contribution in [0.25, 0.3) is 11.4 Å². The molecule has 0 bridgehead atoms. The Labute approximate surface area is 167 Å². The first-order chi connectivity index (χ1) is 14.1. The fourth-order valence-electron chi connectivity index (χ4n) is 2.48. The molecule has 9 heteroatoms. The summed E-state index contributed by atoms with van der Waals surface area (Å²) in [5.41, 5.74) is 5.82. The molecule has 29 heavy (non-hydrogen) atoms. The van der Waals surface area contributed by atoms with Gasteiger partial charge in [0, 0.05) is 30.0 Å². The van der Waals surface area contributed by atoms with Crippen molar-refractivity contribution in [3.63, 3.8) is 0 Å². The van der Waals surface area contributed by atoms with Gasteiger partial charge in [-0.2, -0.15) is 4.98 Å². The van der Waals surface area contributed by atoms with Crippen LogP contribution in [0.2, 0.25) is 0 Å². The van der Waals surface area contributed by atoms with Crippen LogP contribution in [0.4, 0.5) is 0 Å². The first kappa shape index (κ1) is 19.9. The zero-order valence-electron chi connectivity index (χ0n) is 16.0. The molecule has 1 heterocycles. The van der Waals surface area contributed by atoms with Crippen molar-refractivity contribution in [3.8, 4) is 22.9 Å². The summed E-state index contributed by atoms with van der Waals surface area (Å²) in [6.45, 7) is 0. The predicted molar refractivity (Wildman–Crippen MR) is 103 cm³/mol. The Morgan fingerprint density at radius 3 is 2.34 bits per heavy atom. The van der Waals surface area contributed by atoms with Gasteiger partial charge in [-0.25, -0.2) is 0 Å². The molecule has 0 atom stereocenters. The highest BCUT2D eigenvalue weighted by atomic mass is 16.5. The largest absolute Gasteiger partial charge is 0.497 e. The van der Waals surface area contributed by atoms with Crippen molar-refractivity contribution in [3.05, 3.63) is 60.0 Å². The molecule has 3 aromatic rings. The summed E-state index contributed by atoms with van der Waals surface area (Å²) >= 11 is 0. The van der Waals surface area contributed by atoms with E-state index in [2.05, 4.69) is 21.0 Å². The van der Waals surface area contributed by atoms with Gasteiger partial charge in [-0.3, -0.25) is 20.4 Å². The number of amides is 2. The number of hydrogen-bond donors (Lipinski definition) is 2. The maximum absolute atomic E-state index is 12.2. The van der Waals surface area contributed by atoms with Crippen LogP contribution < -0.4 is 20.3 Å². The number of carbonyl (C=O) groups excluding carboxylic acids is 2. The van der Waals surface area contributed by atoms with Gasteiger partial charge in [0.1, 0.15) is 11.5 Å². The number of ether oxygens (including phenoxy) is 2. The number of aryl methyl sites for hydroxylation is 1. The quantitative estimate of drug-likeness (QED) is 0.588. The molecule has 0 aliphatic rings. The van der Waals surface area contributed by atoms with Gasteiger partial charge in [-0.05, 0) is 12.1 Å². The Kier molecular flexibility index (Phi) is 6.41. The lowest BCUT2D eigenvalue weighted by molar-refractivity contribution is -0.121. The summed E-state index contributed by atoms with van der Waals surface area (Å²) < 4.78 is 15.4.